The van der Waals surface area contributed by atoms with E-state index in [0.717, 1.165) is 63.8 Å². The summed E-state index contributed by atoms with van der Waals surface area (Å²) in [4.78, 5) is 29.8. The summed E-state index contributed by atoms with van der Waals surface area (Å²) in [6, 6.07) is 23.7. The molecule has 1 aliphatic carbocycles. The van der Waals surface area contributed by atoms with E-state index in [9.17, 15) is 18.0 Å². The Morgan fingerprint density at radius 2 is 1.51 bits per heavy atom. The van der Waals surface area contributed by atoms with E-state index in [-0.39, 0.29) is 24.4 Å². The second-order valence-corrected chi connectivity index (χ2v) is 14.5. The Bertz CT molecular complexity index is 1460. The predicted molar refractivity (Wildman–Crippen MR) is 176 cm³/mol. The molecule has 3 aromatic rings. The number of carbonyl (C=O) groups is 2. The fraction of sp³-hybridized carbons (Fsp3) is 0.412. The van der Waals surface area contributed by atoms with Crippen molar-refractivity contribution in [3.05, 3.63) is 100 Å². The van der Waals surface area contributed by atoms with Crippen molar-refractivity contribution in [2.24, 2.45) is 0 Å². The molecule has 7 nitrogen and oxygen atoms in total. The molecule has 1 N–H and O–H groups in total. The minimum atomic E-state index is -3.81. The average molecular weight is 669 g/mol. The maximum absolute atomic E-state index is 14.3. The number of carbonyl (C=O) groups excluding carboxylic acids is 2. The third-order valence-corrected chi connectivity index (χ3v) is 9.69. The Kier molecular flexibility index (Phi) is 11.4. The van der Waals surface area contributed by atoms with Gasteiger partial charge in [0.05, 0.1) is 11.9 Å². The van der Waals surface area contributed by atoms with Crippen LogP contribution in [-0.4, -0.2) is 50.0 Å². The molecule has 1 saturated carbocycles. The molecule has 9 heteroatoms. The van der Waals surface area contributed by atoms with Gasteiger partial charge in [0.1, 0.15) is 12.6 Å². The van der Waals surface area contributed by atoms with Gasteiger partial charge in [0.15, 0.2) is 0 Å². The highest BCUT2D eigenvalue weighted by Gasteiger charge is 2.34. The molecule has 4 rings (SSSR count). The van der Waals surface area contributed by atoms with E-state index in [0.29, 0.717) is 12.1 Å². The molecule has 0 aliphatic heterocycles. The van der Waals surface area contributed by atoms with Crippen LogP contribution in [0.1, 0.15) is 68.6 Å². The number of halogens is 1. The second-order valence-electron chi connectivity index (χ2n) is 11.7. The van der Waals surface area contributed by atoms with Gasteiger partial charge in [0.25, 0.3) is 0 Å². The number of amides is 2. The lowest BCUT2D eigenvalue weighted by Crippen LogP contribution is -2.55. The first-order valence-electron chi connectivity index (χ1n) is 15.0. The lowest BCUT2D eigenvalue weighted by atomic mass is 9.94. The maximum Gasteiger partial charge on any atom is 0.244 e. The maximum atomic E-state index is 14.3. The highest BCUT2D eigenvalue weighted by atomic mass is 79.9. The van der Waals surface area contributed by atoms with Gasteiger partial charge in [-0.05, 0) is 59.7 Å². The van der Waals surface area contributed by atoms with Crippen LogP contribution in [0.5, 0.6) is 0 Å². The first kappa shape index (κ1) is 32.7. The summed E-state index contributed by atoms with van der Waals surface area (Å²) >= 11 is 3.47. The smallest absolute Gasteiger partial charge is 0.244 e. The van der Waals surface area contributed by atoms with Crippen molar-refractivity contribution in [3.63, 3.8) is 0 Å². The lowest BCUT2D eigenvalue weighted by molar-refractivity contribution is -0.140. The predicted octanol–water partition coefficient (Wildman–Crippen LogP) is 6.43. The van der Waals surface area contributed by atoms with Gasteiger partial charge in [-0.15, -0.1) is 0 Å². The minimum Gasteiger partial charge on any atom is -0.352 e. The molecule has 1 fully saturated rings. The summed E-state index contributed by atoms with van der Waals surface area (Å²) < 4.78 is 28.1. The zero-order valence-electron chi connectivity index (χ0n) is 25.2. The first-order chi connectivity index (χ1) is 20.5. The molecule has 3 aromatic carbocycles. The van der Waals surface area contributed by atoms with Gasteiger partial charge in [0, 0.05) is 23.5 Å². The molecule has 230 valence electrons. The largest absolute Gasteiger partial charge is 0.352 e. The van der Waals surface area contributed by atoms with Crippen molar-refractivity contribution in [1.82, 2.24) is 10.2 Å². The van der Waals surface area contributed by atoms with Crippen LogP contribution in [0.2, 0.25) is 0 Å². The van der Waals surface area contributed by atoms with Crippen LogP contribution in [0.25, 0.3) is 0 Å². The number of rotatable bonds is 12. The van der Waals surface area contributed by atoms with Crippen molar-refractivity contribution >= 4 is 43.5 Å². The van der Waals surface area contributed by atoms with Crippen molar-refractivity contribution < 1.29 is 18.0 Å². The van der Waals surface area contributed by atoms with Crippen molar-refractivity contribution in [2.45, 2.75) is 76.9 Å². The molecular weight excluding hydrogens is 626 g/mol. The van der Waals surface area contributed by atoms with Gasteiger partial charge in [-0.25, -0.2) is 8.42 Å². The van der Waals surface area contributed by atoms with Gasteiger partial charge in [0.2, 0.25) is 21.8 Å². The van der Waals surface area contributed by atoms with Gasteiger partial charge in [-0.3, -0.25) is 13.9 Å². The third-order valence-electron chi connectivity index (χ3n) is 8.02. The topological polar surface area (TPSA) is 86.8 Å². The number of hydrogen-bond acceptors (Lipinski definition) is 4. The van der Waals surface area contributed by atoms with E-state index < -0.39 is 28.5 Å². The molecule has 0 unspecified atom stereocenters. The normalized spacial score (nSPS) is 14.7. The highest BCUT2D eigenvalue weighted by Crippen LogP contribution is 2.24. The quantitative estimate of drug-likeness (QED) is 0.241. The number of anilines is 1. The lowest BCUT2D eigenvalue weighted by Gasteiger charge is -2.35. The van der Waals surface area contributed by atoms with Crippen LogP contribution in [0.3, 0.4) is 0 Å². The summed E-state index contributed by atoms with van der Waals surface area (Å²) in [6.07, 6.45) is 6.53. The Hall–Kier alpha value is -3.17. The average Bonchev–Trinajstić information content (AvgIpc) is 2.99. The van der Waals surface area contributed by atoms with Gasteiger partial charge in [-0.1, -0.05) is 104 Å². The van der Waals surface area contributed by atoms with Crippen molar-refractivity contribution in [3.8, 4) is 0 Å². The zero-order chi connectivity index (χ0) is 31.0. The summed E-state index contributed by atoms with van der Waals surface area (Å²) in [7, 11) is -3.81. The first-order valence-corrected chi connectivity index (χ1v) is 17.6. The Morgan fingerprint density at radius 3 is 2.09 bits per heavy atom. The molecule has 0 saturated heterocycles. The zero-order valence-corrected chi connectivity index (χ0v) is 27.6. The van der Waals surface area contributed by atoms with Crippen LogP contribution in [0.15, 0.2) is 83.3 Å². The Morgan fingerprint density at radius 1 is 0.884 bits per heavy atom. The third kappa shape index (κ3) is 9.41. The molecule has 0 radical (unpaired) electrons. The number of hydrogen-bond donors (Lipinski definition) is 1. The van der Waals surface area contributed by atoms with Gasteiger partial charge >= 0.3 is 0 Å². The molecule has 0 aromatic heterocycles. The van der Waals surface area contributed by atoms with Crippen molar-refractivity contribution in [1.29, 1.82) is 0 Å². The second kappa shape index (κ2) is 15.0. The highest BCUT2D eigenvalue weighted by molar-refractivity contribution is 9.10. The molecule has 1 atom stereocenters. The minimum absolute atomic E-state index is 0.0659. The van der Waals surface area contributed by atoms with Crippen LogP contribution in [-0.2, 0) is 32.6 Å². The van der Waals surface area contributed by atoms with E-state index in [1.165, 1.54) is 0 Å². The van der Waals surface area contributed by atoms with Crippen LogP contribution in [0, 0.1) is 0 Å². The van der Waals surface area contributed by atoms with Gasteiger partial charge in [-0.2, -0.15) is 0 Å². The summed E-state index contributed by atoms with van der Waals surface area (Å²) in [5.74, 6) is -0.375. The fourth-order valence-corrected chi connectivity index (χ4v) is 6.64. The van der Waals surface area contributed by atoms with E-state index in [1.54, 1.807) is 17.0 Å². The monoisotopic (exact) mass is 667 g/mol. The van der Waals surface area contributed by atoms with Gasteiger partial charge < -0.3 is 10.2 Å². The molecule has 0 spiro atoms. The summed E-state index contributed by atoms with van der Waals surface area (Å²) in [5.41, 5.74) is 3.24. The van der Waals surface area contributed by atoms with E-state index >= 15 is 0 Å². The number of nitrogens with one attached hydrogen (secondary N) is 1. The van der Waals surface area contributed by atoms with E-state index in [4.69, 9.17) is 0 Å². The number of nitrogens with zero attached hydrogens (tertiary/aromatic N) is 2. The molecule has 0 bridgehead atoms. The summed E-state index contributed by atoms with van der Waals surface area (Å²) in [6.45, 7) is 3.88. The Balaban J connectivity index is 1.71. The summed E-state index contributed by atoms with van der Waals surface area (Å²) in [5, 5.41) is 3.23. The SMILES string of the molecule is CC(C)c1ccc(N(CC(=O)N(Cc2ccc(Br)cc2)[C@H](Cc2ccccc2)C(=O)NC2CCCCC2)S(C)(=O)=O)cc1. The number of benzene rings is 3. The van der Waals surface area contributed by atoms with Crippen LogP contribution in [0.4, 0.5) is 5.69 Å². The Labute approximate surface area is 264 Å². The molecule has 43 heavy (non-hydrogen) atoms. The van der Waals surface area contributed by atoms with Crippen LogP contribution < -0.4 is 9.62 Å². The number of sulfonamides is 1. The standard InChI is InChI=1S/C34H42BrN3O4S/c1-25(2)28-16-20-31(21-17-28)38(43(3,41)42)24-33(39)37(23-27-14-18-29(35)19-15-27)32(22-26-10-6-4-7-11-26)34(40)36-30-12-8-5-9-13-30/h4,6-7,10-11,14-21,25,30,32H,5,8-9,12-13,22-24H2,1-3H3,(H,36,40)/t32-/m1/s1. The fourth-order valence-electron chi connectivity index (χ4n) is 5.52. The van der Waals surface area contributed by atoms with E-state index in [2.05, 4.69) is 35.1 Å². The molecular formula is C34H42BrN3O4S. The van der Waals surface area contributed by atoms with Crippen LogP contribution >= 0.6 is 15.9 Å². The molecule has 2 amide bonds. The molecule has 0 heterocycles. The van der Waals surface area contributed by atoms with E-state index in [1.807, 2.05) is 66.7 Å². The molecule has 1 aliphatic rings. The van der Waals surface area contributed by atoms with Crippen molar-refractivity contribution in [2.75, 3.05) is 17.1 Å².